The summed E-state index contributed by atoms with van der Waals surface area (Å²) in [6, 6.07) is 7.55. The van der Waals surface area contributed by atoms with E-state index >= 15 is 0 Å². The molecule has 0 spiro atoms. The van der Waals surface area contributed by atoms with Crippen molar-refractivity contribution >= 4 is 27.3 Å². The van der Waals surface area contributed by atoms with Gasteiger partial charge in [0.25, 0.3) is 0 Å². The second kappa shape index (κ2) is 4.91. The Balaban J connectivity index is 2.00. The molecule has 1 aromatic carbocycles. The highest BCUT2D eigenvalue weighted by Crippen LogP contribution is 2.41. The Labute approximate surface area is 117 Å². The summed E-state index contributed by atoms with van der Waals surface area (Å²) in [7, 11) is 0. The quantitative estimate of drug-likeness (QED) is 0.919. The van der Waals surface area contributed by atoms with Crippen molar-refractivity contribution in [1.29, 1.82) is 0 Å². The van der Waals surface area contributed by atoms with Crippen molar-refractivity contribution in [2.45, 2.75) is 6.10 Å². The number of aliphatic hydroxyl groups excluding tert-OH is 1. The summed E-state index contributed by atoms with van der Waals surface area (Å²) in [5.74, 6) is 1.39. The first-order chi connectivity index (χ1) is 8.75. The van der Waals surface area contributed by atoms with Gasteiger partial charge in [0, 0.05) is 4.88 Å². The molecule has 1 atom stereocenters. The first-order valence-electron chi connectivity index (χ1n) is 5.56. The topological polar surface area (TPSA) is 38.7 Å². The molecule has 3 nitrogen and oxygen atoms in total. The Morgan fingerprint density at radius 2 is 2.11 bits per heavy atom. The Kier molecular flexibility index (Phi) is 3.28. The lowest BCUT2D eigenvalue weighted by Gasteiger charge is -2.21. The number of halogens is 1. The Bertz CT molecular complexity index is 554. The van der Waals surface area contributed by atoms with Crippen molar-refractivity contribution in [3.05, 3.63) is 44.6 Å². The van der Waals surface area contributed by atoms with Crippen LogP contribution >= 0.6 is 27.3 Å². The maximum absolute atomic E-state index is 10.3. The van der Waals surface area contributed by atoms with Gasteiger partial charge >= 0.3 is 0 Å². The van der Waals surface area contributed by atoms with Gasteiger partial charge in [-0.25, -0.2) is 0 Å². The summed E-state index contributed by atoms with van der Waals surface area (Å²) < 4.78 is 11.9. The zero-order chi connectivity index (χ0) is 12.5. The lowest BCUT2D eigenvalue weighted by atomic mass is 10.1. The largest absolute Gasteiger partial charge is 0.486 e. The number of fused-ring (bicyclic) bond motifs is 1. The zero-order valence-corrected chi connectivity index (χ0v) is 11.8. The predicted molar refractivity (Wildman–Crippen MR) is 73.5 cm³/mol. The van der Waals surface area contributed by atoms with E-state index in [0.29, 0.717) is 24.7 Å². The summed E-state index contributed by atoms with van der Waals surface area (Å²) in [4.78, 5) is 0.915. The molecule has 3 rings (SSSR count). The van der Waals surface area contributed by atoms with Crippen LogP contribution in [0.3, 0.4) is 0 Å². The molecule has 0 amide bonds. The minimum absolute atomic E-state index is 0.540. The lowest BCUT2D eigenvalue weighted by Crippen LogP contribution is -2.16. The van der Waals surface area contributed by atoms with Crippen molar-refractivity contribution in [2.24, 2.45) is 0 Å². The first-order valence-corrected chi connectivity index (χ1v) is 7.23. The van der Waals surface area contributed by atoms with Gasteiger partial charge in [0.1, 0.15) is 19.3 Å². The molecule has 2 aromatic rings. The predicted octanol–water partition coefficient (Wildman–Crippen LogP) is 3.36. The fraction of sp³-hybridized carbons (Fsp3) is 0.231. The van der Waals surface area contributed by atoms with Gasteiger partial charge in [0.05, 0.1) is 4.47 Å². The molecule has 5 heteroatoms. The number of hydrogen-bond donors (Lipinski definition) is 1. The van der Waals surface area contributed by atoms with Crippen molar-refractivity contribution in [3.8, 4) is 11.5 Å². The molecule has 0 aliphatic carbocycles. The van der Waals surface area contributed by atoms with Crippen LogP contribution in [0.4, 0.5) is 0 Å². The molecule has 1 aromatic heterocycles. The molecule has 0 saturated carbocycles. The highest BCUT2D eigenvalue weighted by atomic mass is 79.9. The van der Waals surface area contributed by atoms with Crippen LogP contribution in [-0.4, -0.2) is 18.3 Å². The maximum Gasteiger partial charge on any atom is 0.175 e. The normalized spacial score (nSPS) is 15.4. The minimum Gasteiger partial charge on any atom is -0.486 e. The van der Waals surface area contributed by atoms with E-state index in [2.05, 4.69) is 15.9 Å². The molecular formula is C13H11BrO3S. The third kappa shape index (κ3) is 2.13. The van der Waals surface area contributed by atoms with E-state index in [0.717, 1.165) is 14.9 Å². The van der Waals surface area contributed by atoms with Crippen molar-refractivity contribution < 1.29 is 14.6 Å². The van der Waals surface area contributed by atoms with Crippen LogP contribution in [-0.2, 0) is 0 Å². The monoisotopic (exact) mass is 326 g/mol. The number of rotatable bonds is 2. The molecule has 0 fully saturated rings. The van der Waals surface area contributed by atoms with Crippen LogP contribution in [0.15, 0.2) is 34.1 Å². The van der Waals surface area contributed by atoms with E-state index < -0.39 is 6.10 Å². The molecule has 1 aliphatic heterocycles. The molecule has 18 heavy (non-hydrogen) atoms. The fourth-order valence-corrected chi connectivity index (χ4v) is 3.21. The molecule has 1 aliphatic rings. The van der Waals surface area contributed by atoms with Crippen LogP contribution in [0.5, 0.6) is 11.5 Å². The van der Waals surface area contributed by atoms with Crippen LogP contribution in [0.25, 0.3) is 0 Å². The van der Waals surface area contributed by atoms with Gasteiger partial charge < -0.3 is 14.6 Å². The molecule has 0 radical (unpaired) electrons. The van der Waals surface area contributed by atoms with Crippen LogP contribution in [0.2, 0.25) is 0 Å². The summed E-state index contributed by atoms with van der Waals surface area (Å²) in [6.07, 6.45) is -0.628. The fourth-order valence-electron chi connectivity index (χ4n) is 1.90. The standard InChI is InChI=1S/C13H11BrO3S/c14-9-6-8(12(15)11-2-1-5-18-11)7-10-13(9)17-4-3-16-10/h1-2,5-7,12,15H,3-4H2. The van der Waals surface area contributed by atoms with Gasteiger partial charge in [0.15, 0.2) is 11.5 Å². The van der Waals surface area contributed by atoms with Crippen LogP contribution in [0.1, 0.15) is 16.5 Å². The van der Waals surface area contributed by atoms with E-state index in [9.17, 15) is 5.11 Å². The van der Waals surface area contributed by atoms with E-state index in [-0.39, 0.29) is 0 Å². The smallest absolute Gasteiger partial charge is 0.175 e. The Morgan fingerprint density at radius 1 is 1.28 bits per heavy atom. The summed E-state index contributed by atoms with van der Waals surface area (Å²) in [5.41, 5.74) is 0.800. The third-order valence-electron chi connectivity index (χ3n) is 2.75. The highest BCUT2D eigenvalue weighted by Gasteiger charge is 2.20. The minimum atomic E-state index is -0.628. The van der Waals surface area contributed by atoms with E-state index in [1.165, 1.54) is 11.3 Å². The van der Waals surface area contributed by atoms with Crippen LogP contribution in [0, 0.1) is 0 Å². The number of benzene rings is 1. The van der Waals surface area contributed by atoms with Gasteiger partial charge in [-0.2, -0.15) is 0 Å². The SMILES string of the molecule is OC(c1cc(Br)c2c(c1)OCCO2)c1cccs1. The lowest BCUT2D eigenvalue weighted by molar-refractivity contribution is 0.168. The van der Waals surface area contributed by atoms with Crippen molar-refractivity contribution in [1.82, 2.24) is 0 Å². The average Bonchev–Trinajstić information content (AvgIpc) is 2.91. The van der Waals surface area contributed by atoms with Gasteiger partial charge in [-0.15, -0.1) is 11.3 Å². The first kappa shape index (κ1) is 12.0. The molecule has 94 valence electrons. The number of aliphatic hydroxyl groups is 1. The van der Waals surface area contributed by atoms with Crippen molar-refractivity contribution in [3.63, 3.8) is 0 Å². The van der Waals surface area contributed by atoms with E-state index in [1.54, 1.807) is 0 Å². The van der Waals surface area contributed by atoms with Gasteiger partial charge in [-0.3, -0.25) is 0 Å². The number of hydrogen-bond acceptors (Lipinski definition) is 4. The van der Waals surface area contributed by atoms with Gasteiger partial charge in [-0.05, 0) is 45.1 Å². The summed E-state index contributed by atoms with van der Waals surface area (Å²) >= 11 is 4.98. The molecule has 2 heterocycles. The Morgan fingerprint density at radius 3 is 2.89 bits per heavy atom. The third-order valence-corrected chi connectivity index (χ3v) is 4.26. The highest BCUT2D eigenvalue weighted by molar-refractivity contribution is 9.10. The van der Waals surface area contributed by atoms with Crippen LogP contribution < -0.4 is 9.47 Å². The number of ether oxygens (including phenoxy) is 2. The maximum atomic E-state index is 10.3. The Hall–Kier alpha value is -1.04. The zero-order valence-electron chi connectivity index (χ0n) is 9.43. The molecule has 1 N–H and O–H groups in total. The molecule has 1 unspecified atom stereocenters. The van der Waals surface area contributed by atoms with Gasteiger partial charge in [0.2, 0.25) is 0 Å². The van der Waals surface area contributed by atoms with E-state index in [4.69, 9.17) is 9.47 Å². The second-order valence-electron chi connectivity index (χ2n) is 3.94. The summed E-state index contributed by atoms with van der Waals surface area (Å²) in [6.45, 7) is 1.09. The number of thiophene rings is 1. The van der Waals surface area contributed by atoms with E-state index in [1.807, 2.05) is 29.6 Å². The molecular weight excluding hydrogens is 316 g/mol. The average molecular weight is 327 g/mol. The molecule has 0 bridgehead atoms. The summed E-state index contributed by atoms with van der Waals surface area (Å²) in [5, 5.41) is 12.2. The molecule has 0 saturated heterocycles. The second-order valence-corrected chi connectivity index (χ2v) is 5.78. The van der Waals surface area contributed by atoms with Crippen molar-refractivity contribution in [2.75, 3.05) is 13.2 Å². The van der Waals surface area contributed by atoms with Gasteiger partial charge in [-0.1, -0.05) is 6.07 Å².